The Bertz CT molecular complexity index is 286. The third-order valence-corrected chi connectivity index (χ3v) is 1.64. The zero-order chi connectivity index (χ0) is 14.3. The summed E-state index contributed by atoms with van der Waals surface area (Å²) < 4.78 is 14.9. The second-order valence-electron chi connectivity index (χ2n) is 4.61. The number of rotatable bonds is 7. The third kappa shape index (κ3) is 7.21. The van der Waals surface area contributed by atoms with Gasteiger partial charge in [0, 0.05) is 6.54 Å². The van der Waals surface area contributed by atoms with Gasteiger partial charge in [-0.1, -0.05) is 0 Å². The highest BCUT2D eigenvalue weighted by molar-refractivity contribution is 5.97. The van der Waals surface area contributed by atoms with Crippen molar-refractivity contribution in [2.45, 2.75) is 45.7 Å². The summed E-state index contributed by atoms with van der Waals surface area (Å²) in [6.07, 6.45) is -2.57. The maximum absolute atomic E-state index is 11.6. The minimum atomic E-state index is -1.71. The van der Waals surface area contributed by atoms with E-state index < -0.39 is 29.9 Å². The monoisotopic (exact) mass is 263 g/mol. The van der Waals surface area contributed by atoms with E-state index in [4.69, 9.17) is 25.1 Å². The fraction of sp³-hybridized carbons (Fsp3) is 0.818. The van der Waals surface area contributed by atoms with Crippen molar-refractivity contribution in [2.75, 3.05) is 13.2 Å². The number of carbonyl (C=O) groups is 2. The van der Waals surface area contributed by atoms with Crippen LogP contribution in [0.15, 0.2) is 0 Å². The predicted molar refractivity (Wildman–Crippen MR) is 62.8 cm³/mol. The Hall–Kier alpha value is -1.18. The Morgan fingerprint density at radius 2 is 1.89 bits per heavy atom. The summed E-state index contributed by atoms with van der Waals surface area (Å²) in [6.45, 7) is 6.88. The molecule has 0 aromatic heterocycles. The number of nitrogens with two attached hydrogens (primary N) is 1. The van der Waals surface area contributed by atoms with E-state index in [9.17, 15) is 9.59 Å². The SMILES string of the molecule is CC(OCCN)OC(C(=O)O)C(=O)OC(C)(C)C. The smallest absolute Gasteiger partial charge is 0.347 e. The number of ether oxygens (including phenoxy) is 3. The highest BCUT2D eigenvalue weighted by atomic mass is 16.7. The van der Waals surface area contributed by atoms with E-state index in [1.807, 2.05) is 0 Å². The molecule has 0 saturated heterocycles. The van der Waals surface area contributed by atoms with Gasteiger partial charge in [0.2, 0.25) is 0 Å². The number of hydrogen-bond donors (Lipinski definition) is 2. The lowest BCUT2D eigenvalue weighted by atomic mass is 10.2. The number of carboxylic acids is 1. The fourth-order valence-corrected chi connectivity index (χ4v) is 1.03. The first-order chi connectivity index (χ1) is 8.17. The Morgan fingerprint density at radius 3 is 2.28 bits per heavy atom. The molecule has 3 N–H and O–H groups in total. The minimum Gasteiger partial charge on any atom is -0.479 e. The molecule has 0 fully saturated rings. The van der Waals surface area contributed by atoms with E-state index in [2.05, 4.69) is 0 Å². The van der Waals surface area contributed by atoms with Gasteiger partial charge in [0.15, 0.2) is 6.29 Å². The van der Waals surface area contributed by atoms with Crippen molar-refractivity contribution in [3.8, 4) is 0 Å². The van der Waals surface area contributed by atoms with Crippen molar-refractivity contribution in [1.29, 1.82) is 0 Å². The first-order valence-electron chi connectivity index (χ1n) is 5.60. The molecular weight excluding hydrogens is 242 g/mol. The second-order valence-corrected chi connectivity index (χ2v) is 4.61. The quantitative estimate of drug-likeness (QED) is 0.381. The van der Waals surface area contributed by atoms with Gasteiger partial charge >= 0.3 is 11.9 Å². The van der Waals surface area contributed by atoms with Crippen LogP contribution in [0.5, 0.6) is 0 Å². The molecule has 0 heterocycles. The Labute approximate surface area is 106 Å². The van der Waals surface area contributed by atoms with Gasteiger partial charge in [-0.15, -0.1) is 0 Å². The molecule has 7 heteroatoms. The summed E-state index contributed by atoms with van der Waals surface area (Å²) in [6, 6.07) is 0. The van der Waals surface area contributed by atoms with Gasteiger partial charge in [-0.2, -0.15) is 0 Å². The van der Waals surface area contributed by atoms with Crippen LogP contribution in [0.4, 0.5) is 0 Å². The highest BCUT2D eigenvalue weighted by Crippen LogP contribution is 2.11. The van der Waals surface area contributed by atoms with E-state index >= 15 is 0 Å². The highest BCUT2D eigenvalue weighted by Gasteiger charge is 2.33. The number of esters is 1. The Balaban J connectivity index is 4.48. The van der Waals surface area contributed by atoms with Crippen LogP contribution in [0, 0.1) is 0 Å². The van der Waals surface area contributed by atoms with Crippen LogP contribution >= 0.6 is 0 Å². The normalized spacial score (nSPS) is 14.9. The molecule has 0 aromatic rings. The largest absolute Gasteiger partial charge is 0.479 e. The summed E-state index contributed by atoms with van der Waals surface area (Å²) in [5.41, 5.74) is 4.44. The van der Waals surface area contributed by atoms with E-state index in [1.165, 1.54) is 6.92 Å². The van der Waals surface area contributed by atoms with Crippen LogP contribution in [0.3, 0.4) is 0 Å². The molecule has 0 aliphatic carbocycles. The lowest BCUT2D eigenvalue weighted by Crippen LogP contribution is -2.41. The van der Waals surface area contributed by atoms with Crippen LogP contribution in [0.2, 0.25) is 0 Å². The van der Waals surface area contributed by atoms with Gasteiger partial charge in [-0.25, -0.2) is 9.59 Å². The molecule has 0 aromatic carbocycles. The van der Waals surface area contributed by atoms with Crippen molar-refractivity contribution in [3.05, 3.63) is 0 Å². The predicted octanol–water partition coefficient (Wildman–Crippen LogP) is 0.119. The number of hydrogen-bond acceptors (Lipinski definition) is 6. The Morgan fingerprint density at radius 1 is 1.33 bits per heavy atom. The topological polar surface area (TPSA) is 108 Å². The average molecular weight is 263 g/mol. The average Bonchev–Trinajstić information content (AvgIpc) is 2.19. The van der Waals surface area contributed by atoms with Crippen molar-refractivity contribution in [3.63, 3.8) is 0 Å². The first-order valence-corrected chi connectivity index (χ1v) is 5.60. The zero-order valence-corrected chi connectivity index (χ0v) is 11.1. The zero-order valence-electron chi connectivity index (χ0n) is 11.1. The summed E-state index contributed by atoms with van der Waals surface area (Å²) in [4.78, 5) is 22.5. The second kappa shape index (κ2) is 7.30. The number of carbonyl (C=O) groups excluding carboxylic acids is 1. The van der Waals surface area contributed by atoms with Crippen molar-refractivity contribution in [2.24, 2.45) is 5.73 Å². The summed E-state index contributed by atoms with van der Waals surface area (Å²) in [5, 5.41) is 8.91. The van der Waals surface area contributed by atoms with Crippen LogP contribution < -0.4 is 5.73 Å². The van der Waals surface area contributed by atoms with Crippen LogP contribution in [0.1, 0.15) is 27.7 Å². The molecule has 2 atom stereocenters. The van der Waals surface area contributed by atoms with Crippen LogP contribution in [-0.4, -0.2) is 48.2 Å². The molecule has 0 saturated carbocycles. The molecule has 0 aliphatic rings. The molecule has 0 aliphatic heterocycles. The molecule has 0 radical (unpaired) electrons. The lowest BCUT2D eigenvalue weighted by Gasteiger charge is -2.24. The molecule has 0 spiro atoms. The van der Waals surface area contributed by atoms with Crippen LogP contribution in [0.25, 0.3) is 0 Å². The number of carboxylic acid groups (broad SMARTS) is 1. The Kier molecular flexibility index (Phi) is 6.82. The van der Waals surface area contributed by atoms with Gasteiger partial charge in [-0.05, 0) is 27.7 Å². The molecule has 0 bridgehead atoms. The summed E-state index contributed by atoms with van der Waals surface area (Å²) >= 11 is 0. The molecule has 7 nitrogen and oxygen atoms in total. The lowest BCUT2D eigenvalue weighted by molar-refractivity contribution is -0.203. The fourth-order valence-electron chi connectivity index (χ4n) is 1.03. The molecule has 2 unspecified atom stereocenters. The molecule has 0 amide bonds. The van der Waals surface area contributed by atoms with Gasteiger partial charge in [0.05, 0.1) is 6.61 Å². The molecule has 106 valence electrons. The van der Waals surface area contributed by atoms with Crippen molar-refractivity contribution in [1.82, 2.24) is 0 Å². The van der Waals surface area contributed by atoms with Gasteiger partial charge in [0.25, 0.3) is 6.10 Å². The van der Waals surface area contributed by atoms with E-state index in [0.29, 0.717) is 0 Å². The van der Waals surface area contributed by atoms with E-state index in [1.54, 1.807) is 20.8 Å². The van der Waals surface area contributed by atoms with Crippen molar-refractivity contribution < 1.29 is 28.9 Å². The first kappa shape index (κ1) is 16.8. The molecular formula is C11H21NO6. The number of aliphatic carboxylic acids is 1. The van der Waals surface area contributed by atoms with Gasteiger partial charge in [0.1, 0.15) is 5.60 Å². The minimum absolute atomic E-state index is 0.210. The summed E-state index contributed by atoms with van der Waals surface area (Å²) in [5.74, 6) is -2.38. The van der Waals surface area contributed by atoms with Gasteiger partial charge < -0.3 is 25.1 Å². The van der Waals surface area contributed by atoms with Crippen molar-refractivity contribution >= 4 is 11.9 Å². The van der Waals surface area contributed by atoms with Crippen LogP contribution in [-0.2, 0) is 23.8 Å². The third-order valence-electron chi connectivity index (χ3n) is 1.64. The molecule has 18 heavy (non-hydrogen) atoms. The maximum Gasteiger partial charge on any atom is 0.347 e. The maximum atomic E-state index is 11.6. The van der Waals surface area contributed by atoms with Gasteiger partial charge in [-0.3, -0.25) is 0 Å². The van der Waals surface area contributed by atoms with E-state index in [0.717, 1.165) is 0 Å². The van der Waals surface area contributed by atoms with E-state index in [-0.39, 0.29) is 13.2 Å². The summed E-state index contributed by atoms with van der Waals surface area (Å²) in [7, 11) is 0. The standard InChI is InChI=1S/C11H21NO6/c1-7(16-6-5-12)17-8(9(13)14)10(15)18-11(2,3)4/h7-8H,5-6,12H2,1-4H3,(H,13,14). The molecule has 0 rings (SSSR count).